The summed E-state index contributed by atoms with van der Waals surface area (Å²) in [5, 5.41) is 0. The number of esters is 1. The monoisotopic (exact) mass is 155 g/mol. The average molecular weight is 155 g/mol. The molecule has 1 radical (unpaired) electrons. The van der Waals surface area contributed by atoms with Crippen LogP contribution in [0.4, 0.5) is 0 Å². The van der Waals surface area contributed by atoms with E-state index in [9.17, 15) is 4.79 Å². The van der Waals surface area contributed by atoms with Crippen LogP contribution in [0.2, 0.25) is 0 Å². The highest BCUT2D eigenvalue weighted by molar-refractivity contribution is 5.66. The van der Waals surface area contributed by atoms with Crippen LogP contribution in [0, 0.1) is 19.3 Å². The van der Waals surface area contributed by atoms with Crippen molar-refractivity contribution in [3.63, 3.8) is 0 Å². The van der Waals surface area contributed by atoms with Crippen molar-refractivity contribution in [1.82, 2.24) is 0 Å². The molecule has 61 valence electrons. The third-order valence-corrected chi connectivity index (χ3v) is 0.822. The van der Waals surface area contributed by atoms with Crippen molar-refractivity contribution in [2.24, 2.45) is 0 Å². The van der Waals surface area contributed by atoms with Gasteiger partial charge in [-0.25, -0.2) is 0 Å². The first-order chi connectivity index (χ1) is 5.16. The fourth-order valence-corrected chi connectivity index (χ4v) is 0.518. The van der Waals surface area contributed by atoms with Crippen LogP contribution >= 0.6 is 0 Å². The van der Waals surface area contributed by atoms with Gasteiger partial charge in [0.2, 0.25) is 0 Å². The molecule has 0 aliphatic rings. The van der Waals surface area contributed by atoms with E-state index >= 15 is 0 Å². The lowest BCUT2D eigenvalue weighted by molar-refractivity contribution is -0.146. The molecule has 0 aromatic rings. The molecule has 0 spiro atoms. The second-order valence-electron chi connectivity index (χ2n) is 1.95. The number of hydrogen-bond acceptors (Lipinski definition) is 3. The highest BCUT2D eigenvalue weighted by Crippen LogP contribution is 1.91. The Morgan fingerprint density at radius 1 is 1.82 bits per heavy atom. The molecule has 0 N–H and O–H groups in total. The smallest absolute Gasteiger partial charge is 0.302 e. The Kier molecular flexibility index (Phi) is 5.22. The van der Waals surface area contributed by atoms with Crippen LogP contribution in [0.1, 0.15) is 6.92 Å². The normalized spacial score (nSPS) is 11.7. The van der Waals surface area contributed by atoms with Crippen molar-refractivity contribution < 1.29 is 14.3 Å². The molecule has 0 rings (SSSR count). The third kappa shape index (κ3) is 6.88. The second kappa shape index (κ2) is 5.75. The maximum atomic E-state index is 10.3. The summed E-state index contributed by atoms with van der Waals surface area (Å²) in [5.41, 5.74) is 0. The summed E-state index contributed by atoms with van der Waals surface area (Å²) in [7, 11) is 0. The van der Waals surface area contributed by atoms with Crippen molar-refractivity contribution in [3.8, 4) is 12.3 Å². The summed E-state index contributed by atoms with van der Waals surface area (Å²) in [6, 6.07) is 0. The Hall–Kier alpha value is -1.01. The first-order valence-corrected chi connectivity index (χ1v) is 3.18. The molecule has 0 amide bonds. The molecule has 0 aromatic carbocycles. The molecular weight excluding hydrogens is 144 g/mol. The molecule has 1 unspecified atom stereocenters. The van der Waals surface area contributed by atoms with Crippen molar-refractivity contribution in [2.45, 2.75) is 13.0 Å². The van der Waals surface area contributed by atoms with E-state index in [4.69, 9.17) is 11.2 Å². The van der Waals surface area contributed by atoms with E-state index in [0.717, 1.165) is 0 Å². The molecule has 0 bridgehead atoms. The summed E-state index contributed by atoms with van der Waals surface area (Å²) >= 11 is 0. The van der Waals surface area contributed by atoms with E-state index in [-0.39, 0.29) is 19.2 Å². The average Bonchev–Trinajstić information content (AvgIpc) is 1.86. The maximum absolute atomic E-state index is 10.3. The molecule has 0 aliphatic heterocycles. The SMILES string of the molecule is C#CCOCC([CH2])OC(C)=O. The number of terminal acetylenes is 1. The molecule has 0 aromatic heterocycles. The van der Waals surface area contributed by atoms with Crippen LogP contribution in [0.5, 0.6) is 0 Å². The summed E-state index contributed by atoms with van der Waals surface area (Å²) in [6.07, 6.45) is 4.44. The Balaban J connectivity index is 3.31. The lowest BCUT2D eigenvalue weighted by Crippen LogP contribution is -2.18. The van der Waals surface area contributed by atoms with Gasteiger partial charge in [0.05, 0.1) is 6.61 Å². The van der Waals surface area contributed by atoms with Crippen molar-refractivity contribution in [1.29, 1.82) is 0 Å². The van der Waals surface area contributed by atoms with E-state index in [0.29, 0.717) is 0 Å². The van der Waals surface area contributed by atoms with Crippen LogP contribution in [0.15, 0.2) is 0 Å². The molecule has 0 heterocycles. The Labute approximate surface area is 66.7 Å². The van der Waals surface area contributed by atoms with Gasteiger partial charge in [0.15, 0.2) is 0 Å². The summed E-state index contributed by atoms with van der Waals surface area (Å²) in [4.78, 5) is 10.3. The van der Waals surface area contributed by atoms with Gasteiger partial charge in [0.25, 0.3) is 0 Å². The fourth-order valence-electron chi connectivity index (χ4n) is 0.518. The maximum Gasteiger partial charge on any atom is 0.302 e. The molecule has 0 aliphatic carbocycles. The molecule has 0 saturated heterocycles. The van der Waals surface area contributed by atoms with Crippen LogP contribution in [0.25, 0.3) is 0 Å². The van der Waals surface area contributed by atoms with Gasteiger partial charge in [-0.15, -0.1) is 6.42 Å². The van der Waals surface area contributed by atoms with E-state index in [1.807, 2.05) is 0 Å². The summed E-state index contributed by atoms with van der Waals surface area (Å²) in [6.45, 7) is 5.29. The number of carbonyl (C=O) groups excluding carboxylic acids is 1. The number of hydrogen-bond donors (Lipinski definition) is 0. The Bertz CT molecular complexity index is 157. The van der Waals surface area contributed by atoms with Gasteiger partial charge in [0.1, 0.15) is 12.7 Å². The summed E-state index contributed by atoms with van der Waals surface area (Å²) in [5.74, 6) is 1.92. The van der Waals surface area contributed by atoms with Gasteiger partial charge in [-0.1, -0.05) is 5.92 Å². The summed E-state index contributed by atoms with van der Waals surface area (Å²) < 4.78 is 9.52. The molecule has 1 atom stereocenters. The minimum absolute atomic E-state index is 0.216. The highest BCUT2D eigenvalue weighted by Gasteiger charge is 2.03. The van der Waals surface area contributed by atoms with Gasteiger partial charge in [-0.05, 0) is 6.92 Å². The van der Waals surface area contributed by atoms with Gasteiger partial charge in [0, 0.05) is 6.92 Å². The van der Waals surface area contributed by atoms with Gasteiger partial charge < -0.3 is 9.47 Å². The molecule has 0 saturated carbocycles. The lowest BCUT2D eigenvalue weighted by Gasteiger charge is -2.09. The number of carbonyl (C=O) groups is 1. The zero-order chi connectivity index (χ0) is 8.69. The second-order valence-corrected chi connectivity index (χ2v) is 1.95. The topological polar surface area (TPSA) is 35.5 Å². The number of rotatable bonds is 4. The van der Waals surface area contributed by atoms with E-state index in [1.54, 1.807) is 0 Å². The van der Waals surface area contributed by atoms with Crippen LogP contribution in [-0.2, 0) is 14.3 Å². The molecule has 3 heteroatoms. The van der Waals surface area contributed by atoms with Gasteiger partial charge in [-0.3, -0.25) is 4.79 Å². The highest BCUT2D eigenvalue weighted by atomic mass is 16.6. The van der Waals surface area contributed by atoms with E-state index < -0.39 is 6.10 Å². The Morgan fingerprint density at radius 3 is 2.91 bits per heavy atom. The van der Waals surface area contributed by atoms with Crippen LogP contribution in [-0.4, -0.2) is 25.3 Å². The van der Waals surface area contributed by atoms with Crippen LogP contribution < -0.4 is 0 Å². The first-order valence-electron chi connectivity index (χ1n) is 3.18. The minimum atomic E-state index is -0.471. The molecular formula is C8H11O3. The fraction of sp³-hybridized carbons (Fsp3) is 0.500. The van der Waals surface area contributed by atoms with Crippen LogP contribution in [0.3, 0.4) is 0 Å². The quantitative estimate of drug-likeness (QED) is 0.335. The molecule has 0 fully saturated rings. The predicted molar refractivity (Wildman–Crippen MR) is 40.6 cm³/mol. The predicted octanol–water partition coefficient (Wildman–Crippen LogP) is 0.402. The van der Waals surface area contributed by atoms with Gasteiger partial charge in [-0.2, -0.15) is 0 Å². The van der Waals surface area contributed by atoms with Crippen molar-refractivity contribution >= 4 is 5.97 Å². The van der Waals surface area contributed by atoms with Crippen molar-refractivity contribution in [2.75, 3.05) is 13.2 Å². The third-order valence-electron chi connectivity index (χ3n) is 0.822. The minimum Gasteiger partial charge on any atom is -0.460 e. The largest absolute Gasteiger partial charge is 0.460 e. The van der Waals surface area contributed by atoms with E-state index in [2.05, 4.69) is 17.6 Å². The molecule has 3 nitrogen and oxygen atoms in total. The Morgan fingerprint density at radius 2 is 2.45 bits per heavy atom. The van der Waals surface area contributed by atoms with E-state index in [1.165, 1.54) is 6.92 Å². The van der Waals surface area contributed by atoms with Gasteiger partial charge >= 0.3 is 5.97 Å². The zero-order valence-corrected chi connectivity index (χ0v) is 6.50. The van der Waals surface area contributed by atoms with Crippen molar-refractivity contribution in [3.05, 3.63) is 6.92 Å². The standard InChI is InChI=1S/C8H11O3/c1-4-5-10-6-7(2)11-8(3)9/h1,7H,2,5-6H2,3H3. The first kappa shape index (κ1) is 9.99. The zero-order valence-electron chi connectivity index (χ0n) is 6.50. The molecule has 11 heavy (non-hydrogen) atoms. The lowest BCUT2D eigenvalue weighted by atomic mass is 10.4. The number of ether oxygens (including phenoxy) is 2.